The van der Waals surface area contributed by atoms with Crippen LogP contribution >= 0.6 is 0 Å². The summed E-state index contributed by atoms with van der Waals surface area (Å²) in [5.74, 6) is 0.885. The summed E-state index contributed by atoms with van der Waals surface area (Å²) in [4.78, 5) is 2.58. The van der Waals surface area contributed by atoms with Crippen molar-refractivity contribution in [2.75, 3.05) is 20.1 Å². The zero-order valence-electron chi connectivity index (χ0n) is 9.84. The number of hydrogen-bond donors (Lipinski definition) is 1. The Morgan fingerprint density at radius 3 is 2.64 bits per heavy atom. The molecule has 2 atom stereocenters. The number of piperidine rings is 1. The Morgan fingerprint density at radius 2 is 2.07 bits per heavy atom. The van der Waals surface area contributed by atoms with Crippen LogP contribution < -0.4 is 5.32 Å². The maximum absolute atomic E-state index is 3.64. The Balaban J connectivity index is 1.95. The number of rotatable bonds is 1. The fraction of sp³-hybridized carbons (Fsp3) is 1.00. The highest BCUT2D eigenvalue weighted by Gasteiger charge is 2.37. The highest BCUT2D eigenvalue weighted by Crippen LogP contribution is 2.31. The van der Waals surface area contributed by atoms with Crippen molar-refractivity contribution >= 4 is 0 Å². The summed E-state index contributed by atoms with van der Waals surface area (Å²) in [6.07, 6.45) is 5.60. The van der Waals surface area contributed by atoms with Crippen LogP contribution in [0.15, 0.2) is 0 Å². The molecule has 0 aromatic carbocycles. The molecule has 0 aliphatic carbocycles. The van der Waals surface area contributed by atoms with Gasteiger partial charge < -0.3 is 10.2 Å². The van der Waals surface area contributed by atoms with E-state index >= 15 is 0 Å². The quantitative estimate of drug-likeness (QED) is 0.688. The lowest BCUT2D eigenvalue weighted by Crippen LogP contribution is -2.42. The Morgan fingerprint density at radius 1 is 1.29 bits per heavy atom. The fourth-order valence-electron chi connectivity index (χ4n) is 3.18. The second-order valence-corrected chi connectivity index (χ2v) is 5.77. The van der Waals surface area contributed by atoms with Gasteiger partial charge in [0.05, 0.1) is 0 Å². The Bertz CT molecular complexity index is 200. The predicted octanol–water partition coefficient (Wildman–Crippen LogP) is 1.86. The monoisotopic (exact) mass is 196 g/mol. The van der Waals surface area contributed by atoms with E-state index in [0.717, 1.165) is 12.0 Å². The average molecular weight is 196 g/mol. The van der Waals surface area contributed by atoms with Crippen LogP contribution in [0.25, 0.3) is 0 Å². The summed E-state index contributed by atoms with van der Waals surface area (Å²) in [6.45, 7) is 7.19. The van der Waals surface area contributed by atoms with Gasteiger partial charge in [-0.15, -0.1) is 0 Å². The Hall–Kier alpha value is -0.0800. The molecule has 0 radical (unpaired) electrons. The maximum Gasteiger partial charge on any atom is 0.0133 e. The third kappa shape index (κ3) is 2.12. The van der Waals surface area contributed by atoms with E-state index in [0.29, 0.717) is 5.54 Å². The highest BCUT2D eigenvalue weighted by molar-refractivity contribution is 4.95. The van der Waals surface area contributed by atoms with Gasteiger partial charge in [-0.1, -0.05) is 6.42 Å². The van der Waals surface area contributed by atoms with Crippen LogP contribution in [0.5, 0.6) is 0 Å². The summed E-state index contributed by atoms with van der Waals surface area (Å²) >= 11 is 0. The second kappa shape index (κ2) is 3.82. The molecule has 2 heterocycles. The van der Waals surface area contributed by atoms with Crippen LogP contribution in [0.4, 0.5) is 0 Å². The first-order chi connectivity index (χ1) is 6.58. The van der Waals surface area contributed by atoms with Crippen LogP contribution in [0.1, 0.15) is 39.5 Å². The van der Waals surface area contributed by atoms with Crippen LogP contribution in [-0.4, -0.2) is 36.6 Å². The number of nitrogens with one attached hydrogen (secondary N) is 1. The normalized spacial score (nSPS) is 38.8. The maximum atomic E-state index is 3.64. The topological polar surface area (TPSA) is 15.3 Å². The van der Waals surface area contributed by atoms with Crippen molar-refractivity contribution < 1.29 is 0 Å². The van der Waals surface area contributed by atoms with Gasteiger partial charge in [-0.05, 0) is 52.6 Å². The second-order valence-electron chi connectivity index (χ2n) is 5.77. The van der Waals surface area contributed by atoms with Crippen molar-refractivity contribution in [2.45, 2.75) is 51.1 Å². The van der Waals surface area contributed by atoms with Crippen molar-refractivity contribution in [1.29, 1.82) is 0 Å². The summed E-state index contributed by atoms with van der Waals surface area (Å²) in [5, 5.41) is 3.64. The molecule has 0 aromatic rings. The molecule has 2 unspecified atom stereocenters. The zero-order valence-corrected chi connectivity index (χ0v) is 9.84. The van der Waals surface area contributed by atoms with Gasteiger partial charge >= 0.3 is 0 Å². The first-order valence-electron chi connectivity index (χ1n) is 6.04. The molecular formula is C12H24N2. The molecule has 0 spiro atoms. The predicted molar refractivity (Wildman–Crippen MR) is 60.5 cm³/mol. The van der Waals surface area contributed by atoms with E-state index in [-0.39, 0.29) is 0 Å². The van der Waals surface area contributed by atoms with Crippen molar-refractivity contribution in [1.82, 2.24) is 10.2 Å². The molecule has 0 saturated carbocycles. The minimum atomic E-state index is 0.378. The molecule has 2 saturated heterocycles. The summed E-state index contributed by atoms with van der Waals surface area (Å²) in [5.41, 5.74) is 0.378. The van der Waals surface area contributed by atoms with E-state index < -0.39 is 0 Å². The van der Waals surface area contributed by atoms with Crippen LogP contribution in [-0.2, 0) is 0 Å². The van der Waals surface area contributed by atoms with Gasteiger partial charge in [0, 0.05) is 18.1 Å². The molecule has 0 aromatic heterocycles. The molecular weight excluding hydrogens is 172 g/mol. The standard InChI is InChI=1S/C12H24N2/c1-12(2)8-10(9-13-12)11-6-4-5-7-14(11)3/h10-11,13H,4-9H2,1-3H3. The Kier molecular flexibility index (Phi) is 2.85. The lowest BCUT2D eigenvalue weighted by atomic mass is 9.86. The van der Waals surface area contributed by atoms with E-state index in [1.54, 1.807) is 0 Å². The molecule has 2 nitrogen and oxygen atoms in total. The van der Waals surface area contributed by atoms with Crippen molar-refractivity contribution in [3.63, 3.8) is 0 Å². The molecule has 0 amide bonds. The number of hydrogen-bond acceptors (Lipinski definition) is 2. The van der Waals surface area contributed by atoms with Crippen molar-refractivity contribution in [3.05, 3.63) is 0 Å². The van der Waals surface area contributed by atoms with E-state index in [4.69, 9.17) is 0 Å². The lowest BCUT2D eigenvalue weighted by molar-refractivity contribution is 0.133. The van der Waals surface area contributed by atoms with Gasteiger partial charge in [-0.25, -0.2) is 0 Å². The fourth-order valence-corrected chi connectivity index (χ4v) is 3.18. The SMILES string of the molecule is CN1CCCCC1C1CNC(C)(C)C1. The molecule has 2 aliphatic rings. The molecule has 2 fully saturated rings. The van der Waals surface area contributed by atoms with E-state index in [1.807, 2.05) is 0 Å². The zero-order chi connectivity index (χ0) is 10.2. The van der Waals surface area contributed by atoms with E-state index in [9.17, 15) is 0 Å². The van der Waals surface area contributed by atoms with Gasteiger partial charge in [-0.2, -0.15) is 0 Å². The first kappa shape index (κ1) is 10.4. The van der Waals surface area contributed by atoms with Gasteiger partial charge in [0.25, 0.3) is 0 Å². The van der Waals surface area contributed by atoms with Crippen molar-refractivity contribution in [2.24, 2.45) is 5.92 Å². The highest BCUT2D eigenvalue weighted by atomic mass is 15.2. The smallest absolute Gasteiger partial charge is 0.0133 e. The van der Waals surface area contributed by atoms with Gasteiger partial charge in [0.15, 0.2) is 0 Å². The third-order valence-electron chi connectivity index (χ3n) is 3.99. The summed E-state index contributed by atoms with van der Waals surface area (Å²) in [6, 6.07) is 0.845. The summed E-state index contributed by atoms with van der Waals surface area (Å²) < 4.78 is 0. The van der Waals surface area contributed by atoms with E-state index in [2.05, 4.69) is 31.1 Å². The lowest BCUT2D eigenvalue weighted by Gasteiger charge is -2.36. The number of nitrogens with zero attached hydrogens (tertiary/aromatic N) is 1. The Labute approximate surface area is 88.1 Å². The average Bonchev–Trinajstić information content (AvgIpc) is 2.47. The van der Waals surface area contributed by atoms with Crippen molar-refractivity contribution in [3.8, 4) is 0 Å². The molecule has 2 heteroatoms. The van der Waals surface area contributed by atoms with Crippen LogP contribution in [0.3, 0.4) is 0 Å². The van der Waals surface area contributed by atoms with Crippen LogP contribution in [0.2, 0.25) is 0 Å². The molecule has 2 aliphatic heterocycles. The first-order valence-corrected chi connectivity index (χ1v) is 6.04. The summed E-state index contributed by atoms with van der Waals surface area (Å²) in [7, 11) is 2.30. The minimum absolute atomic E-state index is 0.378. The number of likely N-dealkylation sites (tertiary alicyclic amines) is 1. The van der Waals surface area contributed by atoms with Gasteiger partial charge in [-0.3, -0.25) is 0 Å². The molecule has 82 valence electrons. The third-order valence-corrected chi connectivity index (χ3v) is 3.99. The van der Waals surface area contributed by atoms with Crippen LogP contribution in [0, 0.1) is 5.92 Å². The van der Waals surface area contributed by atoms with Gasteiger partial charge in [0.2, 0.25) is 0 Å². The van der Waals surface area contributed by atoms with Gasteiger partial charge in [0.1, 0.15) is 0 Å². The molecule has 1 N–H and O–H groups in total. The molecule has 0 bridgehead atoms. The molecule has 2 rings (SSSR count). The minimum Gasteiger partial charge on any atom is -0.311 e. The molecule has 14 heavy (non-hydrogen) atoms. The van der Waals surface area contributed by atoms with E-state index in [1.165, 1.54) is 38.8 Å². The largest absolute Gasteiger partial charge is 0.311 e.